The summed E-state index contributed by atoms with van der Waals surface area (Å²) in [4.78, 5) is 32.3. The number of carboxylic acid groups (broad SMARTS) is 1. The van der Waals surface area contributed by atoms with Crippen molar-refractivity contribution < 1.29 is 14.7 Å². The molecule has 10 heteroatoms. The smallest absolute Gasteiger partial charge is 0.329 e. The molecule has 0 fully saturated rings. The van der Waals surface area contributed by atoms with Crippen LogP contribution in [0.25, 0.3) is 10.2 Å². The molecule has 1 aromatic carbocycles. The van der Waals surface area contributed by atoms with E-state index in [4.69, 9.17) is 10.8 Å². The molecule has 2 heterocycles. The van der Waals surface area contributed by atoms with E-state index >= 15 is 0 Å². The summed E-state index contributed by atoms with van der Waals surface area (Å²) in [6.45, 7) is 0.624. The normalized spacial score (nSPS) is 17.5. The Kier molecular flexibility index (Phi) is 7.00. The van der Waals surface area contributed by atoms with E-state index in [9.17, 15) is 9.59 Å². The van der Waals surface area contributed by atoms with Crippen molar-refractivity contribution in [3.8, 4) is 0 Å². The monoisotopic (exact) mass is 421 g/mol. The number of nitrogens with zero attached hydrogens (tertiary/aromatic N) is 2. The van der Waals surface area contributed by atoms with Crippen LogP contribution in [0.3, 0.4) is 0 Å². The predicted molar refractivity (Wildman–Crippen MR) is 114 cm³/mol. The van der Waals surface area contributed by atoms with E-state index < -0.39 is 12.0 Å². The molecule has 2 aromatic rings. The number of carboxylic acids is 1. The Morgan fingerprint density at radius 2 is 2.21 bits per heavy atom. The quantitative estimate of drug-likeness (QED) is 0.455. The maximum atomic E-state index is 12.5. The molecule has 5 N–H and O–H groups in total. The van der Waals surface area contributed by atoms with Gasteiger partial charge in [-0.2, -0.15) is 0 Å². The second kappa shape index (κ2) is 9.46. The number of benzene rings is 1. The number of thiazole rings is 1. The molecule has 2 atom stereocenters. The van der Waals surface area contributed by atoms with Gasteiger partial charge in [-0.15, -0.1) is 23.1 Å². The second-order valence-electron chi connectivity index (χ2n) is 6.42. The first kappa shape index (κ1) is 20.7. The van der Waals surface area contributed by atoms with Gasteiger partial charge >= 0.3 is 5.97 Å². The molecule has 2 unspecified atom stereocenters. The van der Waals surface area contributed by atoms with Crippen LogP contribution in [0.4, 0.5) is 5.69 Å². The third-order valence-corrected chi connectivity index (χ3v) is 6.60. The molecule has 0 radical (unpaired) electrons. The molecule has 150 valence electrons. The van der Waals surface area contributed by atoms with Gasteiger partial charge in [-0.05, 0) is 44.6 Å². The Morgan fingerprint density at radius 3 is 2.89 bits per heavy atom. The van der Waals surface area contributed by atoms with Crippen molar-refractivity contribution in [2.75, 3.05) is 24.7 Å². The maximum Gasteiger partial charge on any atom is 0.329 e. The number of rotatable bonds is 9. The third kappa shape index (κ3) is 4.88. The van der Waals surface area contributed by atoms with E-state index in [1.807, 2.05) is 18.2 Å². The Morgan fingerprint density at radius 1 is 1.39 bits per heavy atom. The van der Waals surface area contributed by atoms with Crippen molar-refractivity contribution in [3.05, 3.63) is 23.2 Å². The van der Waals surface area contributed by atoms with Gasteiger partial charge in [-0.3, -0.25) is 9.79 Å². The topological polar surface area (TPSA) is 130 Å². The Balaban J connectivity index is 1.71. The number of aliphatic carboxylic acids is 1. The van der Waals surface area contributed by atoms with Crippen LogP contribution in [-0.2, 0) is 9.59 Å². The van der Waals surface area contributed by atoms with E-state index in [0.717, 1.165) is 29.5 Å². The minimum absolute atomic E-state index is 0.0800. The highest BCUT2D eigenvalue weighted by Crippen LogP contribution is 2.31. The summed E-state index contributed by atoms with van der Waals surface area (Å²) in [5.41, 5.74) is 7.02. The molecule has 0 saturated heterocycles. The lowest BCUT2D eigenvalue weighted by Crippen LogP contribution is -2.38. The highest BCUT2D eigenvalue weighted by Gasteiger charge is 2.27. The van der Waals surface area contributed by atoms with Crippen molar-refractivity contribution in [2.24, 2.45) is 10.7 Å². The van der Waals surface area contributed by atoms with E-state index in [1.165, 1.54) is 23.1 Å². The largest absolute Gasteiger partial charge is 0.480 e. The summed E-state index contributed by atoms with van der Waals surface area (Å²) in [5, 5.41) is 16.4. The van der Waals surface area contributed by atoms with Crippen LogP contribution in [0.15, 0.2) is 23.2 Å². The van der Waals surface area contributed by atoms with Gasteiger partial charge in [0.05, 0.1) is 16.3 Å². The molecular formula is C18H23N5O3S2. The number of likely N-dealkylation sites (N-methyl/N-ethyl adjacent to an activating group) is 1. The molecule has 0 spiro atoms. The summed E-state index contributed by atoms with van der Waals surface area (Å²) in [5.74, 6) is -0.569. The summed E-state index contributed by atoms with van der Waals surface area (Å²) >= 11 is 2.85. The molecule has 1 aliphatic rings. The third-order valence-electron chi connectivity index (χ3n) is 4.39. The molecule has 28 heavy (non-hydrogen) atoms. The zero-order valence-electron chi connectivity index (χ0n) is 15.5. The van der Waals surface area contributed by atoms with Gasteiger partial charge in [-0.1, -0.05) is 6.42 Å². The number of aliphatic imine (C=N–C) groups is 1. The fourth-order valence-electron chi connectivity index (χ4n) is 2.84. The number of fused-ring (bicyclic) bond motifs is 1. The first-order valence-corrected chi connectivity index (χ1v) is 10.8. The number of hydrogen-bond donors (Lipinski definition) is 4. The number of hydrogen-bond acceptors (Lipinski definition) is 8. The predicted octanol–water partition coefficient (Wildman–Crippen LogP) is 1.90. The van der Waals surface area contributed by atoms with Crippen molar-refractivity contribution in [2.45, 2.75) is 31.3 Å². The SMILES string of the molecule is CNC(CCCCN)C(=O)Nc1ccc2nc(C3=NC(C(=O)O)CS3)sc2c1. The minimum atomic E-state index is -0.917. The van der Waals surface area contributed by atoms with E-state index in [-0.39, 0.29) is 11.9 Å². The summed E-state index contributed by atoms with van der Waals surface area (Å²) in [6.07, 6.45) is 2.52. The molecule has 3 rings (SSSR count). The number of unbranched alkanes of at least 4 members (excludes halogenated alkanes) is 1. The number of aromatic nitrogens is 1. The summed E-state index contributed by atoms with van der Waals surface area (Å²) < 4.78 is 0.916. The van der Waals surface area contributed by atoms with Crippen LogP contribution in [0.1, 0.15) is 24.3 Å². The minimum Gasteiger partial charge on any atom is -0.480 e. The first-order valence-electron chi connectivity index (χ1n) is 9.04. The molecule has 0 aliphatic carbocycles. The standard InChI is InChI=1S/C18H23N5O3S2/c1-20-12(4-2-3-7-19)15(24)21-10-5-6-11-14(8-10)28-17(22-11)16-23-13(9-27-16)18(25)26/h5-6,8,12-13,20H,2-4,7,9,19H2,1H3,(H,21,24)(H,25,26). The fourth-order valence-corrected chi connectivity index (χ4v) is 4.94. The number of amides is 1. The summed E-state index contributed by atoms with van der Waals surface area (Å²) in [7, 11) is 1.77. The zero-order valence-corrected chi connectivity index (χ0v) is 17.1. The lowest BCUT2D eigenvalue weighted by Gasteiger charge is -2.15. The van der Waals surface area contributed by atoms with Gasteiger partial charge in [-0.25, -0.2) is 9.78 Å². The number of thioether (sulfide) groups is 1. The van der Waals surface area contributed by atoms with Gasteiger partial charge in [0.15, 0.2) is 6.04 Å². The average molecular weight is 422 g/mol. The number of carbonyl (C=O) groups excluding carboxylic acids is 1. The van der Waals surface area contributed by atoms with Crippen molar-refractivity contribution >= 4 is 55.9 Å². The number of nitrogens with one attached hydrogen (secondary N) is 2. The van der Waals surface area contributed by atoms with Gasteiger partial charge in [0.25, 0.3) is 0 Å². The van der Waals surface area contributed by atoms with Crippen LogP contribution >= 0.6 is 23.1 Å². The van der Waals surface area contributed by atoms with Gasteiger partial charge in [0.1, 0.15) is 10.1 Å². The Bertz CT molecular complexity index is 898. The highest BCUT2D eigenvalue weighted by molar-refractivity contribution is 8.15. The molecule has 1 amide bonds. The number of carbonyl (C=O) groups is 2. The maximum absolute atomic E-state index is 12.5. The molecule has 1 aliphatic heterocycles. The van der Waals surface area contributed by atoms with Gasteiger partial charge in [0.2, 0.25) is 5.91 Å². The lowest BCUT2D eigenvalue weighted by atomic mass is 10.1. The molecular weight excluding hydrogens is 398 g/mol. The van der Waals surface area contributed by atoms with E-state index in [0.29, 0.717) is 28.0 Å². The fraction of sp³-hybridized carbons (Fsp3) is 0.444. The molecule has 0 bridgehead atoms. The van der Waals surface area contributed by atoms with Crippen molar-refractivity contribution in [3.63, 3.8) is 0 Å². The highest BCUT2D eigenvalue weighted by atomic mass is 32.2. The first-order chi connectivity index (χ1) is 13.5. The number of anilines is 1. The zero-order chi connectivity index (χ0) is 20.1. The molecule has 8 nitrogen and oxygen atoms in total. The second-order valence-corrected chi connectivity index (χ2v) is 8.46. The van der Waals surface area contributed by atoms with Gasteiger partial charge < -0.3 is 21.5 Å². The Hall–Kier alpha value is -2.01. The van der Waals surface area contributed by atoms with Crippen LogP contribution in [-0.4, -0.2) is 58.4 Å². The van der Waals surface area contributed by atoms with E-state index in [1.54, 1.807) is 7.05 Å². The Labute approximate surface area is 171 Å². The van der Waals surface area contributed by atoms with Crippen molar-refractivity contribution in [1.29, 1.82) is 0 Å². The summed E-state index contributed by atoms with van der Waals surface area (Å²) in [6, 6.07) is 4.58. The van der Waals surface area contributed by atoms with Crippen LogP contribution in [0, 0.1) is 0 Å². The van der Waals surface area contributed by atoms with Crippen LogP contribution in [0.2, 0.25) is 0 Å². The van der Waals surface area contributed by atoms with Crippen LogP contribution in [0.5, 0.6) is 0 Å². The molecule has 1 aromatic heterocycles. The lowest BCUT2D eigenvalue weighted by molar-refractivity contribution is -0.137. The molecule has 0 saturated carbocycles. The van der Waals surface area contributed by atoms with E-state index in [2.05, 4.69) is 20.6 Å². The average Bonchev–Trinajstić information content (AvgIpc) is 3.31. The number of nitrogens with two attached hydrogens (primary N) is 1. The van der Waals surface area contributed by atoms with Crippen molar-refractivity contribution in [1.82, 2.24) is 10.3 Å². The van der Waals surface area contributed by atoms with Crippen LogP contribution < -0.4 is 16.4 Å². The van der Waals surface area contributed by atoms with Gasteiger partial charge in [0, 0.05) is 11.4 Å².